The zero-order valence-electron chi connectivity index (χ0n) is 8.69. The van der Waals surface area contributed by atoms with Crippen molar-refractivity contribution in [2.24, 2.45) is 0 Å². The number of pyridine rings is 1. The summed E-state index contributed by atoms with van der Waals surface area (Å²) in [6, 6.07) is 4.20. The minimum Gasteiger partial charge on any atom is -0.316 e. The molecule has 1 fully saturated rings. The summed E-state index contributed by atoms with van der Waals surface area (Å²) in [5.41, 5.74) is 1.38. The fourth-order valence-corrected chi connectivity index (χ4v) is 2.84. The van der Waals surface area contributed by atoms with Gasteiger partial charge in [-0.3, -0.25) is 4.98 Å². The predicted molar refractivity (Wildman–Crippen MR) is 68.7 cm³/mol. The van der Waals surface area contributed by atoms with E-state index in [9.17, 15) is 0 Å². The molecule has 1 saturated heterocycles. The second-order valence-corrected chi connectivity index (χ2v) is 4.92. The summed E-state index contributed by atoms with van der Waals surface area (Å²) < 4.78 is 0. The van der Waals surface area contributed by atoms with E-state index in [1.165, 1.54) is 31.5 Å². The highest BCUT2D eigenvalue weighted by Crippen LogP contribution is 2.22. The molecule has 1 atom stereocenters. The van der Waals surface area contributed by atoms with Crippen LogP contribution in [0, 0.1) is 0 Å². The van der Waals surface area contributed by atoms with Crippen molar-refractivity contribution in [2.75, 3.05) is 13.1 Å². The van der Waals surface area contributed by atoms with Crippen molar-refractivity contribution in [3.63, 3.8) is 0 Å². The summed E-state index contributed by atoms with van der Waals surface area (Å²) in [6.45, 7) is 2.38. The molecule has 2 rings (SSSR count). The molecule has 0 bridgehead atoms. The maximum absolute atomic E-state index is 4.02. The molecule has 0 aromatic carbocycles. The molecule has 2 nitrogen and oxygen atoms in total. The summed E-state index contributed by atoms with van der Waals surface area (Å²) in [4.78, 5) is 4.02. The summed E-state index contributed by atoms with van der Waals surface area (Å²) in [5.74, 6) is 1.12. The Hall–Kier alpha value is -0.250. The van der Waals surface area contributed by atoms with Crippen molar-refractivity contribution in [3.05, 3.63) is 30.1 Å². The van der Waals surface area contributed by atoms with Gasteiger partial charge in [-0.1, -0.05) is 0 Å². The lowest BCUT2D eigenvalue weighted by Gasteiger charge is -2.22. The van der Waals surface area contributed by atoms with Crippen LogP contribution in [0.5, 0.6) is 0 Å². The van der Waals surface area contributed by atoms with Gasteiger partial charge in [0.25, 0.3) is 0 Å². The third-order valence-corrected chi connectivity index (χ3v) is 3.86. The van der Waals surface area contributed by atoms with Crippen LogP contribution in [0.2, 0.25) is 0 Å². The van der Waals surface area contributed by atoms with Crippen molar-refractivity contribution in [2.45, 2.75) is 23.8 Å². The average Bonchev–Trinajstić information content (AvgIpc) is 2.29. The van der Waals surface area contributed by atoms with Gasteiger partial charge in [0.05, 0.1) is 0 Å². The number of rotatable bonds is 3. The second-order valence-electron chi connectivity index (χ2n) is 3.63. The monoisotopic (exact) mass is 244 g/mol. The number of piperidine rings is 1. The lowest BCUT2D eigenvalue weighted by molar-refractivity contribution is 0.531. The quantitative estimate of drug-likeness (QED) is 0.885. The fraction of sp³-hybridized carbons (Fsp3) is 0.545. The SMILES string of the molecule is Cl.c1cc(CSC2CCCNC2)ccn1. The molecule has 4 heteroatoms. The molecule has 0 saturated carbocycles. The Morgan fingerprint density at radius 1 is 1.40 bits per heavy atom. The van der Waals surface area contributed by atoms with Gasteiger partial charge in [-0.25, -0.2) is 0 Å². The maximum Gasteiger partial charge on any atom is 0.0270 e. The van der Waals surface area contributed by atoms with Crippen molar-refractivity contribution in [1.82, 2.24) is 10.3 Å². The Morgan fingerprint density at radius 2 is 2.20 bits per heavy atom. The van der Waals surface area contributed by atoms with Gasteiger partial charge >= 0.3 is 0 Å². The topological polar surface area (TPSA) is 24.9 Å². The van der Waals surface area contributed by atoms with E-state index in [2.05, 4.69) is 34.2 Å². The molecule has 1 aliphatic rings. The molecule has 15 heavy (non-hydrogen) atoms. The second kappa shape index (κ2) is 7.09. The molecule has 2 heterocycles. The summed E-state index contributed by atoms with van der Waals surface area (Å²) in [7, 11) is 0. The van der Waals surface area contributed by atoms with Gasteiger partial charge in [-0.15, -0.1) is 12.4 Å². The van der Waals surface area contributed by atoms with Gasteiger partial charge in [0.15, 0.2) is 0 Å². The van der Waals surface area contributed by atoms with E-state index in [1.807, 2.05) is 12.4 Å². The number of hydrogen-bond acceptors (Lipinski definition) is 3. The molecule has 0 amide bonds. The Balaban J connectivity index is 0.00000112. The van der Waals surface area contributed by atoms with Gasteiger partial charge in [-0.05, 0) is 37.1 Å². The van der Waals surface area contributed by atoms with Crippen LogP contribution in [0.15, 0.2) is 24.5 Å². The van der Waals surface area contributed by atoms with Crippen LogP contribution in [0.3, 0.4) is 0 Å². The first-order valence-corrected chi connectivity index (χ1v) is 6.21. The number of aromatic nitrogens is 1. The number of halogens is 1. The van der Waals surface area contributed by atoms with Gasteiger partial charge in [0.2, 0.25) is 0 Å². The Bertz CT molecular complexity index is 263. The molecular formula is C11H17ClN2S. The highest BCUT2D eigenvalue weighted by Gasteiger charge is 2.12. The zero-order chi connectivity index (χ0) is 9.64. The van der Waals surface area contributed by atoms with Crippen LogP contribution >= 0.6 is 24.2 Å². The smallest absolute Gasteiger partial charge is 0.0270 e. The number of nitrogens with zero attached hydrogens (tertiary/aromatic N) is 1. The third-order valence-electron chi connectivity index (χ3n) is 2.49. The van der Waals surface area contributed by atoms with Crippen LogP contribution in [0.1, 0.15) is 18.4 Å². The van der Waals surface area contributed by atoms with Gasteiger partial charge in [0, 0.05) is 29.9 Å². The molecule has 0 spiro atoms. The number of thioether (sulfide) groups is 1. The van der Waals surface area contributed by atoms with E-state index in [0.29, 0.717) is 0 Å². The summed E-state index contributed by atoms with van der Waals surface area (Å²) >= 11 is 2.06. The summed E-state index contributed by atoms with van der Waals surface area (Å²) in [6.07, 6.45) is 6.43. The minimum absolute atomic E-state index is 0. The summed E-state index contributed by atoms with van der Waals surface area (Å²) in [5, 5.41) is 4.24. The third kappa shape index (κ3) is 4.41. The number of nitrogens with one attached hydrogen (secondary N) is 1. The first kappa shape index (κ1) is 12.8. The van der Waals surface area contributed by atoms with Gasteiger partial charge in [0.1, 0.15) is 0 Å². The molecule has 1 N–H and O–H groups in total. The Morgan fingerprint density at radius 3 is 2.87 bits per heavy atom. The van der Waals surface area contributed by atoms with E-state index in [-0.39, 0.29) is 12.4 Å². The highest BCUT2D eigenvalue weighted by molar-refractivity contribution is 7.99. The van der Waals surface area contributed by atoms with E-state index in [0.717, 1.165) is 11.0 Å². The van der Waals surface area contributed by atoms with Crippen molar-refractivity contribution < 1.29 is 0 Å². The lowest BCUT2D eigenvalue weighted by atomic mass is 10.2. The first-order valence-electron chi connectivity index (χ1n) is 5.16. The maximum atomic E-state index is 4.02. The van der Waals surface area contributed by atoms with Crippen LogP contribution < -0.4 is 5.32 Å². The largest absolute Gasteiger partial charge is 0.316 e. The van der Waals surface area contributed by atoms with E-state index >= 15 is 0 Å². The Kier molecular flexibility index (Phi) is 6.06. The molecule has 84 valence electrons. The zero-order valence-corrected chi connectivity index (χ0v) is 10.3. The fourth-order valence-electron chi connectivity index (χ4n) is 1.66. The molecule has 1 unspecified atom stereocenters. The molecular weight excluding hydrogens is 228 g/mol. The first-order chi connectivity index (χ1) is 6.95. The standard InChI is InChI=1S/C11H16N2S.ClH/c1-2-11(8-13-5-1)14-9-10-3-6-12-7-4-10;/h3-4,6-7,11,13H,1-2,5,8-9H2;1H. The van der Waals surface area contributed by atoms with Crippen molar-refractivity contribution in [3.8, 4) is 0 Å². The van der Waals surface area contributed by atoms with Gasteiger partial charge < -0.3 is 5.32 Å². The van der Waals surface area contributed by atoms with Crippen LogP contribution in [0.25, 0.3) is 0 Å². The molecule has 1 aliphatic heterocycles. The van der Waals surface area contributed by atoms with E-state index in [4.69, 9.17) is 0 Å². The number of hydrogen-bond donors (Lipinski definition) is 1. The molecule has 1 aromatic heterocycles. The van der Waals surface area contributed by atoms with E-state index in [1.54, 1.807) is 0 Å². The lowest BCUT2D eigenvalue weighted by Crippen LogP contribution is -2.31. The van der Waals surface area contributed by atoms with Crippen LogP contribution in [0.4, 0.5) is 0 Å². The highest BCUT2D eigenvalue weighted by atomic mass is 35.5. The van der Waals surface area contributed by atoms with Crippen molar-refractivity contribution in [1.29, 1.82) is 0 Å². The minimum atomic E-state index is 0. The molecule has 1 aromatic rings. The molecule has 0 radical (unpaired) electrons. The Labute approximate surface area is 102 Å². The van der Waals surface area contributed by atoms with Crippen molar-refractivity contribution >= 4 is 24.2 Å². The normalized spacial score (nSPS) is 20.7. The molecule has 0 aliphatic carbocycles. The van der Waals surface area contributed by atoms with E-state index < -0.39 is 0 Å². The van der Waals surface area contributed by atoms with Crippen LogP contribution in [-0.4, -0.2) is 23.3 Å². The predicted octanol–water partition coefficient (Wildman–Crippen LogP) is 2.49. The average molecular weight is 245 g/mol. The van der Waals surface area contributed by atoms with Crippen LogP contribution in [-0.2, 0) is 5.75 Å². The van der Waals surface area contributed by atoms with Gasteiger partial charge in [-0.2, -0.15) is 11.8 Å².